The number of rotatable bonds is 4. The summed E-state index contributed by atoms with van der Waals surface area (Å²) in [7, 11) is 0. The van der Waals surface area contributed by atoms with Gasteiger partial charge in [-0.15, -0.1) is 0 Å². The van der Waals surface area contributed by atoms with Crippen LogP contribution < -0.4 is 11.3 Å². The van der Waals surface area contributed by atoms with Gasteiger partial charge in [0.15, 0.2) is 0 Å². The van der Waals surface area contributed by atoms with Crippen molar-refractivity contribution in [1.29, 1.82) is 5.41 Å². The van der Waals surface area contributed by atoms with E-state index in [4.69, 9.17) is 11.1 Å². The lowest BCUT2D eigenvalue weighted by Crippen LogP contribution is -2.29. The van der Waals surface area contributed by atoms with Crippen molar-refractivity contribution >= 4 is 22.7 Å². The van der Waals surface area contributed by atoms with Crippen molar-refractivity contribution in [1.82, 2.24) is 14.5 Å². The second-order valence-corrected chi connectivity index (χ2v) is 6.57. The molecule has 2 atom stereocenters. The Kier molecular flexibility index (Phi) is 4.48. The molecule has 2 aromatic heterocycles. The number of hydrogen-bond acceptors (Lipinski definition) is 5. The van der Waals surface area contributed by atoms with E-state index in [-0.39, 0.29) is 18.9 Å². The molecular weight excluding hydrogens is 338 g/mol. The van der Waals surface area contributed by atoms with Crippen molar-refractivity contribution in [3.05, 3.63) is 88.8 Å². The van der Waals surface area contributed by atoms with Gasteiger partial charge >= 0.3 is 0 Å². The molecule has 1 aliphatic carbocycles. The molecule has 0 aliphatic heterocycles. The Bertz CT molecular complexity index is 1120. The first kappa shape index (κ1) is 17.1. The summed E-state index contributed by atoms with van der Waals surface area (Å²) in [5, 5.41) is 7.94. The summed E-state index contributed by atoms with van der Waals surface area (Å²) >= 11 is 0. The molecule has 2 unspecified atom stereocenters. The highest BCUT2D eigenvalue weighted by Gasteiger charge is 2.15. The van der Waals surface area contributed by atoms with E-state index in [1.807, 2.05) is 42.5 Å². The minimum atomic E-state index is -0.182. The van der Waals surface area contributed by atoms with Crippen LogP contribution >= 0.6 is 0 Å². The van der Waals surface area contributed by atoms with Crippen LogP contribution in [0.2, 0.25) is 0 Å². The molecule has 27 heavy (non-hydrogen) atoms. The Labute approximate surface area is 157 Å². The van der Waals surface area contributed by atoms with Gasteiger partial charge in [-0.2, -0.15) is 0 Å². The number of fused-ring (bicyclic) bond motifs is 1. The van der Waals surface area contributed by atoms with Gasteiger partial charge < -0.3 is 11.1 Å². The summed E-state index contributed by atoms with van der Waals surface area (Å²) in [5.41, 5.74) is 9.73. The van der Waals surface area contributed by atoms with Crippen molar-refractivity contribution in [3.8, 4) is 0 Å². The highest BCUT2D eigenvalue weighted by Crippen LogP contribution is 2.23. The van der Waals surface area contributed by atoms with Crippen LogP contribution in [0.3, 0.4) is 0 Å². The molecule has 0 radical (unpaired) electrons. The third-order valence-corrected chi connectivity index (χ3v) is 4.77. The van der Waals surface area contributed by atoms with Gasteiger partial charge in [-0.05, 0) is 22.8 Å². The minimum Gasteiger partial charge on any atom is -0.324 e. The van der Waals surface area contributed by atoms with Crippen LogP contribution in [0.1, 0.15) is 12.6 Å². The maximum Gasteiger partial charge on any atom is 0.261 e. The predicted molar refractivity (Wildman–Crippen MR) is 109 cm³/mol. The number of allylic oxidation sites excluding steroid dienone is 2. The molecule has 2 heterocycles. The van der Waals surface area contributed by atoms with Crippen LogP contribution in [0.4, 0.5) is 0 Å². The first-order chi connectivity index (χ1) is 13.2. The first-order valence-corrected chi connectivity index (χ1v) is 8.70. The molecule has 3 aromatic rings. The van der Waals surface area contributed by atoms with Gasteiger partial charge in [-0.25, -0.2) is 4.98 Å². The molecule has 0 fully saturated rings. The summed E-state index contributed by atoms with van der Waals surface area (Å²) in [4.78, 5) is 20.9. The number of hydrogen-bond donors (Lipinski definition) is 2. The largest absolute Gasteiger partial charge is 0.324 e. The average molecular weight is 359 g/mol. The van der Waals surface area contributed by atoms with Crippen LogP contribution in [0.25, 0.3) is 16.5 Å². The third-order valence-electron chi connectivity index (χ3n) is 4.77. The zero-order valence-electron chi connectivity index (χ0n) is 14.6. The summed E-state index contributed by atoms with van der Waals surface area (Å²) < 4.78 is 1.60. The highest BCUT2D eigenvalue weighted by atomic mass is 16.1. The maximum atomic E-state index is 12.6. The van der Waals surface area contributed by atoms with E-state index in [1.54, 1.807) is 29.4 Å². The van der Waals surface area contributed by atoms with Gasteiger partial charge in [0, 0.05) is 25.8 Å². The molecule has 0 bridgehead atoms. The van der Waals surface area contributed by atoms with Gasteiger partial charge in [0.2, 0.25) is 0 Å². The molecule has 6 heteroatoms. The van der Waals surface area contributed by atoms with Crippen molar-refractivity contribution in [2.75, 3.05) is 0 Å². The van der Waals surface area contributed by atoms with Gasteiger partial charge in [-0.3, -0.25) is 14.3 Å². The molecule has 0 spiro atoms. The lowest BCUT2D eigenvalue weighted by Gasteiger charge is -2.19. The van der Waals surface area contributed by atoms with E-state index >= 15 is 0 Å². The molecule has 0 amide bonds. The van der Waals surface area contributed by atoms with Crippen LogP contribution in [-0.4, -0.2) is 26.8 Å². The fourth-order valence-corrected chi connectivity index (χ4v) is 3.20. The van der Waals surface area contributed by atoms with E-state index in [1.165, 1.54) is 6.21 Å². The number of benzene rings is 1. The fraction of sp³-hybridized carbons (Fsp3) is 0.143. The SMILES string of the molecule is N=CC1C=CC(c2ccc(Cn3cnc4cnccc4c3=O)cc2)=CC1N.[HH]. The highest BCUT2D eigenvalue weighted by molar-refractivity contribution is 5.78. The molecule has 136 valence electrons. The normalized spacial score (nSPS) is 19.1. The lowest BCUT2D eigenvalue weighted by molar-refractivity contribution is 0.729. The number of pyridine rings is 1. The summed E-state index contributed by atoms with van der Waals surface area (Å²) in [6, 6.07) is 9.55. The van der Waals surface area contributed by atoms with Crippen molar-refractivity contribution < 1.29 is 1.43 Å². The Balaban J connectivity index is 0.00000225. The van der Waals surface area contributed by atoms with E-state index in [0.717, 1.165) is 16.7 Å². The van der Waals surface area contributed by atoms with Crippen LogP contribution in [0.15, 0.2) is 72.1 Å². The zero-order chi connectivity index (χ0) is 18.8. The maximum absolute atomic E-state index is 12.6. The van der Waals surface area contributed by atoms with Crippen molar-refractivity contribution in [2.45, 2.75) is 12.6 Å². The Morgan fingerprint density at radius 3 is 2.81 bits per heavy atom. The summed E-state index contributed by atoms with van der Waals surface area (Å²) in [6.45, 7) is 0.453. The van der Waals surface area contributed by atoms with Gasteiger partial charge in [0.1, 0.15) is 0 Å². The van der Waals surface area contributed by atoms with E-state index < -0.39 is 0 Å². The van der Waals surface area contributed by atoms with Crippen LogP contribution in [-0.2, 0) is 6.54 Å². The Morgan fingerprint density at radius 2 is 2.07 bits per heavy atom. The molecule has 0 saturated carbocycles. The topological polar surface area (TPSA) is 97.6 Å². The van der Waals surface area contributed by atoms with E-state index in [0.29, 0.717) is 17.4 Å². The standard InChI is InChI=1S/C21H19N5O.H2/c22-10-17-6-5-16(9-19(17)23)15-3-1-14(2-4-15)12-26-13-25-20-11-24-8-7-18(20)21(26)27;/h1-11,13,17,19,22H,12,23H2;1H. The number of nitrogens with zero attached hydrogens (tertiary/aromatic N) is 3. The monoisotopic (exact) mass is 359 g/mol. The molecule has 4 rings (SSSR count). The van der Waals surface area contributed by atoms with Crippen LogP contribution in [0, 0.1) is 11.3 Å². The van der Waals surface area contributed by atoms with Gasteiger partial charge in [0.25, 0.3) is 5.56 Å². The van der Waals surface area contributed by atoms with E-state index in [9.17, 15) is 4.79 Å². The predicted octanol–water partition coefficient (Wildman–Crippen LogP) is 2.63. The molecule has 6 nitrogen and oxygen atoms in total. The average Bonchev–Trinajstić information content (AvgIpc) is 2.71. The van der Waals surface area contributed by atoms with Gasteiger partial charge in [-0.1, -0.05) is 42.5 Å². The Morgan fingerprint density at radius 1 is 1.26 bits per heavy atom. The summed E-state index contributed by atoms with van der Waals surface area (Å²) in [5.74, 6) is -0.0458. The van der Waals surface area contributed by atoms with Crippen molar-refractivity contribution in [2.24, 2.45) is 11.7 Å². The zero-order valence-corrected chi connectivity index (χ0v) is 14.6. The minimum absolute atomic E-state index is 0. The lowest BCUT2D eigenvalue weighted by atomic mass is 9.90. The quantitative estimate of drug-likeness (QED) is 0.700. The second-order valence-electron chi connectivity index (χ2n) is 6.57. The number of nitrogens with one attached hydrogen (secondary N) is 1. The molecular formula is C21H21N5O. The first-order valence-electron chi connectivity index (χ1n) is 8.70. The second kappa shape index (κ2) is 7.09. The van der Waals surface area contributed by atoms with Crippen LogP contribution in [0.5, 0.6) is 0 Å². The molecule has 1 aliphatic rings. The van der Waals surface area contributed by atoms with Gasteiger partial charge in [0.05, 0.1) is 30.0 Å². The number of aromatic nitrogens is 3. The van der Waals surface area contributed by atoms with E-state index in [2.05, 4.69) is 9.97 Å². The number of nitrogens with two attached hydrogens (primary N) is 1. The Hall–Kier alpha value is -3.38. The third kappa shape index (κ3) is 3.35. The van der Waals surface area contributed by atoms with Crippen molar-refractivity contribution in [3.63, 3.8) is 0 Å². The molecule has 0 saturated heterocycles. The summed E-state index contributed by atoms with van der Waals surface area (Å²) in [6.07, 6.45) is 12.1. The molecule has 3 N–H and O–H groups in total. The molecule has 1 aromatic carbocycles. The fourth-order valence-electron chi connectivity index (χ4n) is 3.20. The smallest absolute Gasteiger partial charge is 0.261 e.